The molecule has 2 aromatic rings. The molecule has 0 aliphatic carbocycles. The van der Waals surface area contributed by atoms with Crippen LogP contribution in [-0.4, -0.2) is 24.0 Å². The summed E-state index contributed by atoms with van der Waals surface area (Å²) >= 11 is 0. The molecule has 0 aromatic heterocycles. The molecule has 0 saturated carbocycles. The van der Waals surface area contributed by atoms with Crippen molar-refractivity contribution in [3.63, 3.8) is 0 Å². The maximum Gasteiger partial charge on any atom is 0.251 e. The second-order valence-corrected chi connectivity index (χ2v) is 6.22. The van der Waals surface area contributed by atoms with Crippen molar-refractivity contribution in [1.82, 2.24) is 10.6 Å². The Morgan fingerprint density at radius 3 is 2.91 bits per heavy atom. The van der Waals surface area contributed by atoms with E-state index in [0.717, 1.165) is 23.6 Å². The Hall–Kier alpha value is -2.38. The number of hydrogen-bond donors (Lipinski definition) is 2. The van der Waals surface area contributed by atoms with Crippen molar-refractivity contribution < 1.29 is 4.79 Å². The van der Waals surface area contributed by atoms with E-state index in [1.165, 1.54) is 6.42 Å². The second kappa shape index (κ2) is 5.11. The second-order valence-electron chi connectivity index (χ2n) is 6.22. The van der Waals surface area contributed by atoms with Gasteiger partial charge in [0.15, 0.2) is 0 Å². The number of fused-ring (bicyclic) bond motifs is 3. The van der Waals surface area contributed by atoms with E-state index < -0.39 is 0 Å². The van der Waals surface area contributed by atoms with E-state index >= 15 is 0 Å². The van der Waals surface area contributed by atoms with Gasteiger partial charge in [0, 0.05) is 23.7 Å². The molecule has 2 aliphatic heterocycles. The number of rotatable bonds is 2. The van der Waals surface area contributed by atoms with Crippen LogP contribution >= 0.6 is 0 Å². The lowest BCUT2D eigenvalue weighted by atomic mass is 9.95. The third-order valence-electron chi connectivity index (χ3n) is 4.88. The summed E-state index contributed by atoms with van der Waals surface area (Å²) in [7, 11) is 0. The van der Waals surface area contributed by atoms with Crippen LogP contribution in [0.15, 0.2) is 36.4 Å². The summed E-state index contributed by atoms with van der Waals surface area (Å²) in [5.74, 6) is -0.0244. The number of amides is 1. The van der Waals surface area contributed by atoms with Crippen molar-refractivity contribution >= 4 is 16.7 Å². The minimum absolute atomic E-state index is 0.0244. The number of hydrogen-bond acceptors (Lipinski definition) is 3. The molecule has 2 aliphatic rings. The van der Waals surface area contributed by atoms with Gasteiger partial charge in [-0.25, -0.2) is 0 Å². The van der Waals surface area contributed by atoms with E-state index in [-0.39, 0.29) is 11.9 Å². The van der Waals surface area contributed by atoms with Crippen LogP contribution in [-0.2, 0) is 0 Å². The molecular weight excluding hydrogens is 274 g/mol. The number of nitrogens with one attached hydrogen (secondary N) is 2. The molecule has 1 amide bonds. The van der Waals surface area contributed by atoms with Gasteiger partial charge in [0.05, 0.1) is 11.6 Å². The zero-order valence-electron chi connectivity index (χ0n) is 12.2. The van der Waals surface area contributed by atoms with Crippen molar-refractivity contribution in [2.45, 2.75) is 37.4 Å². The van der Waals surface area contributed by atoms with Gasteiger partial charge in [-0.05, 0) is 48.2 Å². The third kappa shape index (κ3) is 2.15. The highest BCUT2D eigenvalue weighted by Crippen LogP contribution is 2.28. The monoisotopic (exact) mass is 291 g/mol. The molecule has 22 heavy (non-hydrogen) atoms. The maximum atomic E-state index is 12.5. The van der Waals surface area contributed by atoms with Crippen LogP contribution in [0, 0.1) is 11.3 Å². The highest BCUT2D eigenvalue weighted by Gasteiger charge is 2.39. The quantitative estimate of drug-likeness (QED) is 0.892. The number of nitriles is 1. The fourth-order valence-electron chi connectivity index (χ4n) is 3.76. The molecule has 2 fully saturated rings. The zero-order valence-corrected chi connectivity index (χ0v) is 12.2. The molecule has 2 saturated heterocycles. The van der Waals surface area contributed by atoms with Crippen molar-refractivity contribution in [3.05, 3.63) is 47.5 Å². The first-order valence-electron chi connectivity index (χ1n) is 7.74. The smallest absolute Gasteiger partial charge is 0.251 e. The van der Waals surface area contributed by atoms with Gasteiger partial charge in [0.1, 0.15) is 0 Å². The lowest BCUT2D eigenvalue weighted by Gasteiger charge is -2.21. The van der Waals surface area contributed by atoms with Gasteiger partial charge in [-0.1, -0.05) is 18.2 Å². The summed E-state index contributed by atoms with van der Waals surface area (Å²) in [5, 5.41) is 17.6. The molecule has 4 nitrogen and oxygen atoms in total. The Morgan fingerprint density at radius 2 is 2.18 bits per heavy atom. The van der Waals surface area contributed by atoms with Gasteiger partial charge < -0.3 is 10.6 Å². The summed E-state index contributed by atoms with van der Waals surface area (Å²) in [4.78, 5) is 12.5. The lowest BCUT2D eigenvalue weighted by molar-refractivity contribution is 0.0931. The normalized spacial score (nSPS) is 26.0. The van der Waals surface area contributed by atoms with Gasteiger partial charge in [-0.3, -0.25) is 4.79 Å². The number of carbonyl (C=O) groups excluding carboxylic acids is 1. The molecule has 3 atom stereocenters. The van der Waals surface area contributed by atoms with Crippen molar-refractivity contribution in [1.29, 1.82) is 5.26 Å². The minimum atomic E-state index is -0.0244. The molecule has 0 radical (unpaired) electrons. The summed E-state index contributed by atoms with van der Waals surface area (Å²) < 4.78 is 0. The van der Waals surface area contributed by atoms with E-state index in [9.17, 15) is 4.79 Å². The van der Waals surface area contributed by atoms with Gasteiger partial charge in [0.2, 0.25) is 0 Å². The molecule has 110 valence electrons. The number of nitrogens with zero attached hydrogens (tertiary/aromatic N) is 1. The SMILES string of the molecule is N#Cc1cccc2cc(C(=O)NC3CC4CCC3N4)ccc12. The molecule has 2 bridgehead atoms. The van der Waals surface area contributed by atoms with Crippen molar-refractivity contribution in [3.8, 4) is 6.07 Å². The molecule has 3 unspecified atom stereocenters. The Kier molecular flexibility index (Phi) is 3.09. The molecule has 4 rings (SSSR count). The predicted molar refractivity (Wildman–Crippen MR) is 84.5 cm³/mol. The molecule has 2 N–H and O–H groups in total. The first kappa shape index (κ1) is 13.3. The third-order valence-corrected chi connectivity index (χ3v) is 4.88. The fraction of sp³-hybridized carbons (Fsp3) is 0.333. The maximum absolute atomic E-state index is 12.5. The summed E-state index contributed by atoms with van der Waals surface area (Å²) in [6.07, 6.45) is 3.41. The van der Waals surface area contributed by atoms with Gasteiger partial charge >= 0.3 is 0 Å². The van der Waals surface area contributed by atoms with Crippen molar-refractivity contribution in [2.24, 2.45) is 0 Å². The Morgan fingerprint density at radius 1 is 1.27 bits per heavy atom. The standard InChI is InChI=1S/C18H17N3O/c19-10-13-3-1-2-11-8-12(4-6-15(11)13)18(22)21-17-9-14-5-7-16(17)20-14/h1-4,6,8,14,16-17,20H,5,7,9H2,(H,21,22). The molecule has 2 aromatic carbocycles. The number of benzene rings is 2. The largest absolute Gasteiger partial charge is 0.348 e. The minimum Gasteiger partial charge on any atom is -0.348 e. The predicted octanol–water partition coefficient (Wildman–Crippen LogP) is 2.33. The van der Waals surface area contributed by atoms with Gasteiger partial charge in [-0.15, -0.1) is 0 Å². The Balaban J connectivity index is 1.58. The Labute approximate surface area is 129 Å². The first-order chi connectivity index (χ1) is 10.7. The molecule has 2 heterocycles. The highest BCUT2D eigenvalue weighted by molar-refractivity contribution is 5.99. The van der Waals surface area contributed by atoms with Crippen molar-refractivity contribution in [2.75, 3.05) is 0 Å². The van der Waals surface area contributed by atoms with Crippen LogP contribution in [0.5, 0.6) is 0 Å². The molecular formula is C18H17N3O. The van der Waals surface area contributed by atoms with E-state index in [2.05, 4.69) is 16.7 Å². The van der Waals surface area contributed by atoms with Crippen LogP contribution in [0.4, 0.5) is 0 Å². The fourth-order valence-corrected chi connectivity index (χ4v) is 3.76. The van der Waals surface area contributed by atoms with Gasteiger partial charge in [-0.2, -0.15) is 5.26 Å². The summed E-state index contributed by atoms with van der Waals surface area (Å²) in [5.41, 5.74) is 1.30. The van der Waals surface area contributed by atoms with Crippen LogP contribution in [0.25, 0.3) is 10.8 Å². The van der Waals surface area contributed by atoms with Gasteiger partial charge in [0.25, 0.3) is 5.91 Å². The van der Waals surface area contributed by atoms with Crippen LogP contribution in [0.3, 0.4) is 0 Å². The summed E-state index contributed by atoms with van der Waals surface area (Å²) in [6, 6.07) is 14.5. The molecule has 0 spiro atoms. The summed E-state index contributed by atoms with van der Waals surface area (Å²) in [6.45, 7) is 0. The number of carbonyl (C=O) groups is 1. The van der Waals surface area contributed by atoms with Crippen LogP contribution in [0.2, 0.25) is 0 Å². The van der Waals surface area contributed by atoms with E-state index in [4.69, 9.17) is 5.26 Å². The molecule has 4 heteroatoms. The zero-order chi connectivity index (χ0) is 15.1. The van der Waals surface area contributed by atoms with Crippen LogP contribution < -0.4 is 10.6 Å². The highest BCUT2D eigenvalue weighted by atomic mass is 16.1. The Bertz CT molecular complexity index is 793. The topological polar surface area (TPSA) is 64.9 Å². The van der Waals surface area contributed by atoms with E-state index in [0.29, 0.717) is 23.2 Å². The van der Waals surface area contributed by atoms with E-state index in [1.807, 2.05) is 24.3 Å². The first-order valence-corrected chi connectivity index (χ1v) is 7.74. The van der Waals surface area contributed by atoms with Crippen LogP contribution in [0.1, 0.15) is 35.2 Å². The average Bonchev–Trinajstić information content (AvgIpc) is 3.16. The average molecular weight is 291 g/mol. The lowest BCUT2D eigenvalue weighted by Crippen LogP contribution is -2.42. The van der Waals surface area contributed by atoms with E-state index in [1.54, 1.807) is 12.1 Å².